The normalized spacial score (nSPS) is 31.4. The van der Waals surface area contributed by atoms with Gasteiger partial charge in [-0.05, 0) is 37.0 Å². The van der Waals surface area contributed by atoms with E-state index in [1.165, 1.54) is 14.2 Å². The third-order valence-corrected chi connectivity index (χ3v) is 5.61. The van der Waals surface area contributed by atoms with E-state index in [0.717, 1.165) is 25.7 Å². The summed E-state index contributed by atoms with van der Waals surface area (Å²) in [6.45, 7) is 6.66. The molecule has 0 amide bonds. The van der Waals surface area contributed by atoms with Crippen molar-refractivity contribution in [3.63, 3.8) is 0 Å². The topological polar surface area (TPSA) is 52.6 Å². The number of carbonyl (C=O) groups excluding carboxylic acids is 2. The first-order chi connectivity index (χ1) is 9.78. The second-order valence-corrected chi connectivity index (χ2v) is 7.19. The van der Waals surface area contributed by atoms with Gasteiger partial charge in [0.2, 0.25) is 0 Å². The molecule has 4 nitrogen and oxygen atoms in total. The summed E-state index contributed by atoms with van der Waals surface area (Å²) in [6, 6.07) is 0. The number of fused-ring (bicyclic) bond motifs is 1. The Labute approximate surface area is 126 Å². The third-order valence-electron chi connectivity index (χ3n) is 5.61. The molecule has 1 fully saturated rings. The molecule has 0 aliphatic heterocycles. The molecule has 0 saturated heterocycles. The number of methoxy groups -OCH3 is 2. The van der Waals surface area contributed by atoms with Gasteiger partial charge >= 0.3 is 11.9 Å². The van der Waals surface area contributed by atoms with Gasteiger partial charge in [0.05, 0.1) is 19.8 Å². The highest BCUT2D eigenvalue weighted by Crippen LogP contribution is 2.59. The lowest BCUT2D eigenvalue weighted by Crippen LogP contribution is -2.48. The van der Waals surface area contributed by atoms with Crippen molar-refractivity contribution in [3.8, 4) is 0 Å². The molecule has 2 aliphatic rings. The molecular formula is C17H26O4. The predicted octanol–water partition coefficient (Wildman–Crippen LogP) is 3.26. The molecule has 0 spiro atoms. The minimum Gasteiger partial charge on any atom is -0.466 e. The number of carbonyl (C=O) groups is 2. The van der Waals surface area contributed by atoms with E-state index >= 15 is 0 Å². The van der Waals surface area contributed by atoms with Gasteiger partial charge in [0, 0.05) is 11.0 Å². The van der Waals surface area contributed by atoms with Gasteiger partial charge in [0.1, 0.15) is 0 Å². The van der Waals surface area contributed by atoms with Crippen LogP contribution in [0.25, 0.3) is 0 Å². The van der Waals surface area contributed by atoms with Gasteiger partial charge in [0.25, 0.3) is 0 Å². The summed E-state index contributed by atoms with van der Waals surface area (Å²) < 4.78 is 9.88. The molecule has 4 heteroatoms. The number of rotatable bonds is 2. The third kappa shape index (κ3) is 2.49. The van der Waals surface area contributed by atoms with Crippen LogP contribution in [-0.2, 0) is 19.1 Å². The lowest BCUT2D eigenvalue weighted by atomic mass is 9.50. The van der Waals surface area contributed by atoms with Crippen LogP contribution in [0.3, 0.4) is 0 Å². The molecule has 21 heavy (non-hydrogen) atoms. The summed E-state index contributed by atoms with van der Waals surface area (Å²) in [4.78, 5) is 24.5. The molecule has 0 N–H and O–H groups in total. The first-order valence-electron chi connectivity index (χ1n) is 7.68. The van der Waals surface area contributed by atoms with Gasteiger partial charge in [-0.1, -0.05) is 27.2 Å². The molecular weight excluding hydrogens is 268 g/mol. The van der Waals surface area contributed by atoms with Gasteiger partial charge in [-0.15, -0.1) is 0 Å². The Balaban J connectivity index is 2.58. The Hall–Kier alpha value is -1.32. The van der Waals surface area contributed by atoms with Crippen molar-refractivity contribution in [2.75, 3.05) is 14.2 Å². The molecule has 0 aromatic carbocycles. The van der Waals surface area contributed by atoms with E-state index in [9.17, 15) is 9.59 Å². The van der Waals surface area contributed by atoms with Crippen molar-refractivity contribution in [1.29, 1.82) is 0 Å². The summed E-state index contributed by atoms with van der Waals surface area (Å²) >= 11 is 0. The first kappa shape index (κ1) is 16.1. The SMILES string of the molecule is COC(=O)C1=C(C(=O)OC)[C@@]2(C)CCCC(C)(C)[C@@H]2CC1. The summed E-state index contributed by atoms with van der Waals surface area (Å²) in [5.74, 6) is -0.375. The summed E-state index contributed by atoms with van der Waals surface area (Å²) in [7, 11) is 2.74. The lowest BCUT2D eigenvalue weighted by molar-refractivity contribution is -0.143. The minimum atomic E-state index is -0.390. The highest BCUT2D eigenvalue weighted by molar-refractivity contribution is 6.01. The quantitative estimate of drug-likeness (QED) is 0.734. The molecule has 1 saturated carbocycles. The maximum Gasteiger partial charge on any atom is 0.334 e. The molecule has 0 aromatic rings. The van der Waals surface area contributed by atoms with Crippen molar-refractivity contribution in [3.05, 3.63) is 11.1 Å². The van der Waals surface area contributed by atoms with Crippen LogP contribution in [0, 0.1) is 16.7 Å². The molecule has 2 aliphatic carbocycles. The van der Waals surface area contributed by atoms with Crippen LogP contribution in [0.4, 0.5) is 0 Å². The number of hydrogen-bond donors (Lipinski definition) is 0. The fraction of sp³-hybridized carbons (Fsp3) is 0.765. The predicted molar refractivity (Wildman–Crippen MR) is 79.5 cm³/mol. The van der Waals surface area contributed by atoms with Crippen LogP contribution in [0.15, 0.2) is 11.1 Å². The number of esters is 2. The highest BCUT2D eigenvalue weighted by Gasteiger charge is 2.53. The Morgan fingerprint density at radius 2 is 1.67 bits per heavy atom. The standard InChI is InChI=1S/C17H26O4/c1-16(2)9-6-10-17(3)12(16)8-7-11(14(18)20-4)13(17)15(19)21-5/h12H,6-10H2,1-5H3/t12-,17-/m0/s1. The maximum absolute atomic E-state index is 12.4. The molecule has 2 rings (SSSR count). The lowest BCUT2D eigenvalue weighted by Gasteiger charge is -2.54. The van der Waals surface area contributed by atoms with E-state index in [1.54, 1.807) is 0 Å². The van der Waals surface area contributed by atoms with Crippen molar-refractivity contribution in [2.24, 2.45) is 16.7 Å². The summed E-state index contributed by atoms with van der Waals surface area (Å²) in [6.07, 6.45) is 4.67. The molecule has 0 unspecified atom stereocenters. The van der Waals surface area contributed by atoms with Gasteiger partial charge in [-0.25, -0.2) is 9.59 Å². The summed E-state index contributed by atoms with van der Waals surface area (Å²) in [5, 5.41) is 0. The van der Waals surface area contributed by atoms with Crippen LogP contribution >= 0.6 is 0 Å². The van der Waals surface area contributed by atoms with Gasteiger partial charge in [-0.3, -0.25) is 0 Å². The zero-order valence-electron chi connectivity index (χ0n) is 13.7. The zero-order valence-corrected chi connectivity index (χ0v) is 13.7. The van der Waals surface area contributed by atoms with Crippen LogP contribution in [0.2, 0.25) is 0 Å². The molecule has 0 bridgehead atoms. The number of ether oxygens (including phenoxy) is 2. The van der Waals surface area contributed by atoms with Crippen molar-refractivity contribution in [1.82, 2.24) is 0 Å². The van der Waals surface area contributed by atoms with Crippen molar-refractivity contribution >= 4 is 11.9 Å². The second-order valence-electron chi connectivity index (χ2n) is 7.19. The fourth-order valence-corrected chi connectivity index (χ4v) is 4.67. The van der Waals surface area contributed by atoms with E-state index in [2.05, 4.69) is 20.8 Å². The van der Waals surface area contributed by atoms with Gasteiger partial charge in [0.15, 0.2) is 0 Å². The van der Waals surface area contributed by atoms with Crippen molar-refractivity contribution < 1.29 is 19.1 Å². The fourth-order valence-electron chi connectivity index (χ4n) is 4.67. The Kier molecular flexibility index (Phi) is 4.18. The minimum absolute atomic E-state index is 0.175. The monoisotopic (exact) mass is 294 g/mol. The van der Waals surface area contributed by atoms with Gasteiger partial charge in [-0.2, -0.15) is 0 Å². The second kappa shape index (κ2) is 5.47. The maximum atomic E-state index is 12.4. The molecule has 0 heterocycles. The average Bonchev–Trinajstić information content (AvgIpc) is 2.43. The molecule has 118 valence electrons. The summed E-state index contributed by atoms with van der Waals surface area (Å²) in [5.41, 5.74) is 0.950. The molecule has 0 radical (unpaired) electrons. The Morgan fingerprint density at radius 3 is 2.24 bits per heavy atom. The highest BCUT2D eigenvalue weighted by atomic mass is 16.5. The van der Waals surface area contributed by atoms with E-state index in [0.29, 0.717) is 23.5 Å². The van der Waals surface area contributed by atoms with E-state index in [-0.39, 0.29) is 16.8 Å². The van der Waals surface area contributed by atoms with Gasteiger partial charge < -0.3 is 9.47 Å². The van der Waals surface area contributed by atoms with Crippen LogP contribution < -0.4 is 0 Å². The van der Waals surface area contributed by atoms with E-state index in [4.69, 9.17) is 9.47 Å². The number of hydrogen-bond acceptors (Lipinski definition) is 4. The van der Waals surface area contributed by atoms with Crippen molar-refractivity contribution in [2.45, 2.75) is 52.9 Å². The van der Waals surface area contributed by atoms with E-state index < -0.39 is 5.97 Å². The molecule has 0 aromatic heterocycles. The Morgan fingerprint density at radius 1 is 1.05 bits per heavy atom. The smallest absolute Gasteiger partial charge is 0.334 e. The van der Waals surface area contributed by atoms with E-state index in [1.807, 2.05) is 0 Å². The largest absolute Gasteiger partial charge is 0.466 e. The van der Waals surface area contributed by atoms with Crippen LogP contribution in [0.1, 0.15) is 52.9 Å². The first-order valence-corrected chi connectivity index (χ1v) is 7.68. The zero-order chi connectivity index (χ0) is 15.8. The Bertz CT molecular complexity index is 489. The molecule has 2 atom stereocenters. The van der Waals surface area contributed by atoms with Crippen LogP contribution in [0.5, 0.6) is 0 Å². The average molecular weight is 294 g/mol. The van der Waals surface area contributed by atoms with Crippen LogP contribution in [-0.4, -0.2) is 26.2 Å².